The van der Waals surface area contributed by atoms with E-state index in [1.54, 1.807) is 0 Å². The van der Waals surface area contributed by atoms with Crippen LogP contribution in [0.15, 0.2) is 12.4 Å². The van der Waals surface area contributed by atoms with Crippen molar-refractivity contribution in [3.8, 4) is 0 Å². The highest BCUT2D eigenvalue weighted by molar-refractivity contribution is 5.19. The molecule has 0 radical (unpaired) electrons. The van der Waals surface area contributed by atoms with Crippen molar-refractivity contribution in [2.24, 2.45) is 0 Å². The Bertz CT molecular complexity index is 648. The molecule has 4 rings (SSSR count). The molecule has 5 nitrogen and oxygen atoms in total. The average molecular weight is 327 g/mol. The third kappa shape index (κ3) is 3.27. The Balaban J connectivity index is 1.31. The molecule has 2 aromatic rings. The highest BCUT2D eigenvalue weighted by atomic mass is 15.2. The van der Waals surface area contributed by atoms with Crippen molar-refractivity contribution in [2.45, 2.75) is 70.9 Å². The minimum atomic E-state index is 0.519. The Morgan fingerprint density at radius 1 is 1.17 bits per heavy atom. The molecule has 1 aliphatic carbocycles. The lowest BCUT2D eigenvalue weighted by Crippen LogP contribution is -2.25. The average Bonchev–Trinajstić information content (AvgIpc) is 3.30. The van der Waals surface area contributed by atoms with Crippen LogP contribution in [0.1, 0.15) is 67.6 Å². The Labute approximate surface area is 144 Å². The van der Waals surface area contributed by atoms with E-state index in [0.29, 0.717) is 6.04 Å². The fourth-order valence-corrected chi connectivity index (χ4v) is 4.27. The first-order valence-electron chi connectivity index (χ1n) is 9.61. The zero-order valence-electron chi connectivity index (χ0n) is 14.8. The third-order valence-electron chi connectivity index (χ3n) is 5.67. The standard InChI is InChI=1S/C19H29N5/c1-15-20-10-14-23(15)11-4-5-12-24-13-6-9-18(24)19-21-16-7-2-3-8-17(16)22-19/h10,14,18H,2-9,11-13H2,1H3,(H,21,22)/t18-/m1/s1. The second-order valence-electron chi connectivity index (χ2n) is 7.32. The molecule has 2 aliphatic rings. The molecule has 0 aromatic carbocycles. The van der Waals surface area contributed by atoms with Gasteiger partial charge in [-0.25, -0.2) is 9.97 Å². The molecule has 0 bridgehead atoms. The first kappa shape index (κ1) is 15.9. The first-order valence-corrected chi connectivity index (χ1v) is 9.61. The van der Waals surface area contributed by atoms with Gasteiger partial charge >= 0.3 is 0 Å². The predicted octanol–water partition coefficient (Wildman–Crippen LogP) is 3.41. The summed E-state index contributed by atoms with van der Waals surface area (Å²) in [7, 11) is 0. The summed E-state index contributed by atoms with van der Waals surface area (Å²) in [5, 5.41) is 0. The molecule has 24 heavy (non-hydrogen) atoms. The second-order valence-corrected chi connectivity index (χ2v) is 7.32. The number of imidazole rings is 2. The minimum Gasteiger partial charge on any atom is -0.344 e. The number of aryl methyl sites for hydroxylation is 4. The fraction of sp³-hybridized carbons (Fsp3) is 0.684. The van der Waals surface area contributed by atoms with E-state index in [4.69, 9.17) is 4.98 Å². The lowest BCUT2D eigenvalue weighted by Gasteiger charge is -2.22. The summed E-state index contributed by atoms with van der Waals surface area (Å²) in [6, 6.07) is 0.519. The molecule has 0 unspecified atom stereocenters. The smallest absolute Gasteiger partial charge is 0.124 e. The van der Waals surface area contributed by atoms with Gasteiger partial charge in [-0.05, 0) is 71.4 Å². The number of nitrogens with one attached hydrogen (secondary N) is 1. The Hall–Kier alpha value is -1.62. The number of unbranched alkanes of at least 4 members (excludes halogenated alkanes) is 1. The number of hydrogen-bond donors (Lipinski definition) is 1. The van der Waals surface area contributed by atoms with E-state index >= 15 is 0 Å². The second kappa shape index (κ2) is 7.09. The van der Waals surface area contributed by atoms with Crippen molar-refractivity contribution < 1.29 is 0 Å². The molecule has 1 atom stereocenters. The van der Waals surface area contributed by atoms with Gasteiger partial charge in [0.25, 0.3) is 0 Å². The highest BCUT2D eigenvalue weighted by Crippen LogP contribution is 2.32. The lowest BCUT2D eigenvalue weighted by molar-refractivity contribution is 0.242. The van der Waals surface area contributed by atoms with Crippen LogP contribution in [0.5, 0.6) is 0 Å². The maximum atomic E-state index is 4.95. The van der Waals surface area contributed by atoms with E-state index in [1.807, 2.05) is 6.20 Å². The molecular weight excluding hydrogens is 298 g/mol. The molecule has 5 heteroatoms. The van der Waals surface area contributed by atoms with Crippen LogP contribution in [0.4, 0.5) is 0 Å². The highest BCUT2D eigenvalue weighted by Gasteiger charge is 2.29. The zero-order valence-corrected chi connectivity index (χ0v) is 14.8. The Kier molecular flexibility index (Phi) is 4.69. The molecule has 0 amide bonds. The number of hydrogen-bond acceptors (Lipinski definition) is 3. The van der Waals surface area contributed by atoms with Crippen LogP contribution < -0.4 is 0 Å². The van der Waals surface area contributed by atoms with Crippen molar-refractivity contribution >= 4 is 0 Å². The number of rotatable bonds is 6. The van der Waals surface area contributed by atoms with Crippen LogP contribution in [-0.4, -0.2) is 37.5 Å². The van der Waals surface area contributed by atoms with Gasteiger partial charge in [0.2, 0.25) is 0 Å². The first-order chi connectivity index (χ1) is 11.8. The van der Waals surface area contributed by atoms with Crippen molar-refractivity contribution in [3.05, 3.63) is 35.4 Å². The van der Waals surface area contributed by atoms with Gasteiger partial charge in [-0.3, -0.25) is 4.90 Å². The van der Waals surface area contributed by atoms with Crippen LogP contribution in [0.3, 0.4) is 0 Å². The number of aromatic nitrogens is 4. The van der Waals surface area contributed by atoms with Gasteiger partial charge in [-0.15, -0.1) is 0 Å². The van der Waals surface area contributed by atoms with Crippen molar-refractivity contribution in [2.75, 3.05) is 13.1 Å². The van der Waals surface area contributed by atoms with Crippen LogP contribution >= 0.6 is 0 Å². The molecule has 1 aliphatic heterocycles. The molecule has 1 N–H and O–H groups in total. The molecular formula is C19H29N5. The van der Waals surface area contributed by atoms with Gasteiger partial charge in [0.1, 0.15) is 11.6 Å². The summed E-state index contributed by atoms with van der Waals surface area (Å²) in [4.78, 5) is 15.6. The normalized spacial score (nSPS) is 21.3. The van der Waals surface area contributed by atoms with Gasteiger partial charge in [0.05, 0.1) is 11.7 Å². The van der Waals surface area contributed by atoms with E-state index in [2.05, 4.69) is 32.6 Å². The van der Waals surface area contributed by atoms with Gasteiger partial charge in [-0.1, -0.05) is 0 Å². The van der Waals surface area contributed by atoms with Crippen molar-refractivity contribution in [3.63, 3.8) is 0 Å². The van der Waals surface area contributed by atoms with Gasteiger partial charge in [0, 0.05) is 24.6 Å². The van der Waals surface area contributed by atoms with E-state index in [1.165, 1.54) is 81.7 Å². The maximum absolute atomic E-state index is 4.95. The lowest BCUT2D eigenvalue weighted by atomic mass is 10.0. The minimum absolute atomic E-state index is 0.519. The van der Waals surface area contributed by atoms with Crippen molar-refractivity contribution in [1.29, 1.82) is 0 Å². The summed E-state index contributed by atoms with van der Waals surface area (Å²) in [6.07, 6.45) is 14.0. The number of H-pyrrole nitrogens is 1. The van der Waals surface area contributed by atoms with Gasteiger partial charge in [-0.2, -0.15) is 0 Å². The maximum Gasteiger partial charge on any atom is 0.124 e. The zero-order chi connectivity index (χ0) is 16.4. The van der Waals surface area contributed by atoms with E-state index < -0.39 is 0 Å². The summed E-state index contributed by atoms with van der Waals surface area (Å²) in [5.74, 6) is 2.36. The van der Waals surface area contributed by atoms with Crippen LogP contribution in [0.2, 0.25) is 0 Å². The molecule has 3 heterocycles. The molecule has 1 fully saturated rings. The fourth-order valence-electron chi connectivity index (χ4n) is 4.27. The van der Waals surface area contributed by atoms with Crippen molar-refractivity contribution in [1.82, 2.24) is 24.4 Å². The number of nitrogens with zero attached hydrogens (tertiary/aromatic N) is 4. The molecule has 0 spiro atoms. The van der Waals surface area contributed by atoms with Gasteiger partial charge in [0.15, 0.2) is 0 Å². The summed E-state index contributed by atoms with van der Waals surface area (Å²) < 4.78 is 2.25. The Morgan fingerprint density at radius 3 is 2.88 bits per heavy atom. The molecule has 0 saturated carbocycles. The van der Waals surface area contributed by atoms with Gasteiger partial charge < -0.3 is 9.55 Å². The monoisotopic (exact) mass is 327 g/mol. The number of fused-ring (bicyclic) bond motifs is 1. The molecule has 130 valence electrons. The van der Waals surface area contributed by atoms with Crippen LogP contribution in [-0.2, 0) is 19.4 Å². The largest absolute Gasteiger partial charge is 0.344 e. The Morgan fingerprint density at radius 2 is 2.04 bits per heavy atom. The van der Waals surface area contributed by atoms with E-state index in [9.17, 15) is 0 Å². The van der Waals surface area contributed by atoms with E-state index in [-0.39, 0.29) is 0 Å². The summed E-state index contributed by atoms with van der Waals surface area (Å²) in [6.45, 7) is 5.57. The predicted molar refractivity (Wildman–Crippen MR) is 95.0 cm³/mol. The third-order valence-corrected chi connectivity index (χ3v) is 5.67. The topological polar surface area (TPSA) is 49.7 Å². The summed E-state index contributed by atoms with van der Waals surface area (Å²) >= 11 is 0. The molecule has 1 saturated heterocycles. The van der Waals surface area contributed by atoms with Crippen LogP contribution in [0, 0.1) is 6.92 Å². The van der Waals surface area contributed by atoms with E-state index in [0.717, 1.165) is 12.4 Å². The number of aromatic amines is 1. The van der Waals surface area contributed by atoms with Crippen LogP contribution in [0.25, 0.3) is 0 Å². The number of likely N-dealkylation sites (tertiary alicyclic amines) is 1. The summed E-state index contributed by atoms with van der Waals surface area (Å²) in [5.41, 5.74) is 2.76. The SMILES string of the molecule is Cc1nccn1CCCCN1CCC[C@@H]1c1nc2c([nH]1)CCCC2. The molecule has 2 aromatic heterocycles. The quantitative estimate of drug-likeness (QED) is 0.827.